The maximum absolute atomic E-state index is 14.3. The number of benzene rings is 2. The molecule has 1 aliphatic heterocycles. The minimum atomic E-state index is -0.441. The minimum Gasteiger partial charge on any atom is -0.310 e. The molecule has 4 nitrogen and oxygen atoms in total. The van der Waals surface area contributed by atoms with Crippen molar-refractivity contribution in [3.05, 3.63) is 105 Å². The van der Waals surface area contributed by atoms with Gasteiger partial charge in [-0.25, -0.2) is 9.18 Å². The third-order valence-corrected chi connectivity index (χ3v) is 8.25. The van der Waals surface area contributed by atoms with Crippen LogP contribution in [0.1, 0.15) is 46.1 Å². The summed E-state index contributed by atoms with van der Waals surface area (Å²) in [7, 11) is 0. The van der Waals surface area contributed by atoms with Gasteiger partial charge in [0.2, 0.25) is 0 Å². The van der Waals surface area contributed by atoms with Crippen LogP contribution in [0.25, 0.3) is 5.00 Å². The first-order chi connectivity index (χ1) is 16.6. The van der Waals surface area contributed by atoms with E-state index in [1.54, 1.807) is 18.2 Å². The van der Waals surface area contributed by atoms with Gasteiger partial charge in [0.15, 0.2) is 0 Å². The van der Waals surface area contributed by atoms with Crippen molar-refractivity contribution in [1.29, 1.82) is 0 Å². The molecule has 2 aliphatic rings. The highest BCUT2D eigenvalue weighted by Gasteiger charge is 2.36. The van der Waals surface area contributed by atoms with Crippen LogP contribution < -0.4 is 5.32 Å². The van der Waals surface area contributed by atoms with Crippen molar-refractivity contribution in [3.63, 3.8) is 0 Å². The summed E-state index contributed by atoms with van der Waals surface area (Å²) in [5.41, 5.74) is 4.90. The molecule has 6 rings (SSSR count). The average molecular weight is 492 g/mol. The second-order valence-corrected chi connectivity index (χ2v) is 10.3. The highest BCUT2D eigenvalue weighted by Crippen LogP contribution is 2.44. The number of fused-ring (bicyclic) bond motifs is 5. The molecule has 0 saturated heterocycles. The number of aryl methyl sites for hydroxylation is 1. The quantitative estimate of drug-likeness (QED) is 0.313. The van der Waals surface area contributed by atoms with Crippen LogP contribution in [0.15, 0.2) is 66.9 Å². The molecule has 1 aliphatic carbocycles. The fourth-order valence-corrected chi connectivity index (χ4v) is 6.77. The Bertz CT molecular complexity index is 1390. The Hall–Kier alpha value is -3.09. The SMILES string of the molecule is O=C(Nc1cccc(Cl)c1)N1Cc2c(sc3c2CCCC3)-n2cccc2[C@@H]1c1cccc(F)c1. The number of hydrogen-bond donors (Lipinski definition) is 1. The van der Waals surface area contributed by atoms with Gasteiger partial charge in [-0.3, -0.25) is 0 Å². The highest BCUT2D eigenvalue weighted by atomic mass is 35.5. The zero-order valence-electron chi connectivity index (χ0n) is 18.4. The molecule has 0 bridgehead atoms. The fraction of sp³-hybridized carbons (Fsp3) is 0.222. The lowest BCUT2D eigenvalue weighted by atomic mass is 9.95. The fourth-order valence-electron chi connectivity index (χ4n) is 5.18. The number of carbonyl (C=O) groups is 1. The van der Waals surface area contributed by atoms with E-state index in [1.165, 1.54) is 39.6 Å². The number of nitrogens with zero attached hydrogens (tertiary/aromatic N) is 2. The molecular formula is C27H23ClFN3OS. The average Bonchev–Trinajstić information content (AvgIpc) is 3.41. The molecule has 7 heteroatoms. The summed E-state index contributed by atoms with van der Waals surface area (Å²) in [6.07, 6.45) is 6.55. The van der Waals surface area contributed by atoms with Crippen molar-refractivity contribution in [3.8, 4) is 5.00 Å². The van der Waals surface area contributed by atoms with Crippen molar-refractivity contribution in [2.75, 3.05) is 5.32 Å². The van der Waals surface area contributed by atoms with Crippen molar-refractivity contribution in [2.45, 2.75) is 38.3 Å². The van der Waals surface area contributed by atoms with Gasteiger partial charge < -0.3 is 14.8 Å². The Morgan fingerprint density at radius 2 is 1.88 bits per heavy atom. The zero-order valence-corrected chi connectivity index (χ0v) is 20.0. The predicted octanol–water partition coefficient (Wildman–Crippen LogP) is 7.35. The number of aromatic nitrogens is 1. The first kappa shape index (κ1) is 21.4. The van der Waals surface area contributed by atoms with Gasteiger partial charge in [-0.2, -0.15) is 0 Å². The summed E-state index contributed by atoms with van der Waals surface area (Å²) >= 11 is 7.99. The van der Waals surface area contributed by atoms with Gasteiger partial charge >= 0.3 is 6.03 Å². The van der Waals surface area contributed by atoms with Crippen molar-refractivity contribution >= 4 is 34.7 Å². The molecule has 0 radical (unpaired) electrons. The third kappa shape index (κ3) is 3.71. The summed E-state index contributed by atoms with van der Waals surface area (Å²) in [4.78, 5) is 17.1. The molecule has 4 aromatic rings. The second-order valence-electron chi connectivity index (χ2n) is 8.82. The first-order valence-corrected chi connectivity index (χ1v) is 12.7. The van der Waals surface area contributed by atoms with E-state index in [0.717, 1.165) is 30.5 Å². The van der Waals surface area contributed by atoms with Crippen LogP contribution in [0.4, 0.5) is 14.9 Å². The number of rotatable bonds is 2. The Morgan fingerprint density at radius 1 is 1.03 bits per heavy atom. The van der Waals surface area contributed by atoms with Gasteiger partial charge in [-0.1, -0.05) is 29.8 Å². The number of thiophene rings is 1. The normalized spacial score (nSPS) is 16.9. The number of amides is 2. The van der Waals surface area contributed by atoms with E-state index in [-0.39, 0.29) is 11.8 Å². The van der Waals surface area contributed by atoms with E-state index in [1.807, 2.05) is 46.6 Å². The lowest BCUT2D eigenvalue weighted by molar-refractivity contribution is 0.194. The molecule has 172 valence electrons. The molecule has 34 heavy (non-hydrogen) atoms. The van der Waals surface area contributed by atoms with Crippen molar-refractivity contribution in [2.24, 2.45) is 0 Å². The van der Waals surface area contributed by atoms with Gasteiger partial charge in [0, 0.05) is 27.3 Å². The summed E-state index contributed by atoms with van der Waals surface area (Å²) in [6, 6.07) is 17.0. The van der Waals surface area contributed by atoms with Gasteiger partial charge in [-0.15, -0.1) is 11.3 Å². The Kier molecular flexibility index (Phi) is 5.42. The van der Waals surface area contributed by atoms with Crippen LogP contribution in [0.5, 0.6) is 0 Å². The number of urea groups is 1. The van der Waals surface area contributed by atoms with E-state index in [4.69, 9.17) is 11.6 Å². The van der Waals surface area contributed by atoms with Crippen LogP contribution in [0.3, 0.4) is 0 Å². The van der Waals surface area contributed by atoms with Gasteiger partial charge in [0.1, 0.15) is 10.8 Å². The molecule has 2 aromatic heterocycles. The molecule has 2 amide bonds. The maximum atomic E-state index is 14.3. The number of carbonyl (C=O) groups excluding carboxylic acids is 1. The number of hydrogen-bond acceptors (Lipinski definition) is 2. The van der Waals surface area contributed by atoms with Crippen LogP contribution in [-0.4, -0.2) is 15.5 Å². The summed E-state index contributed by atoms with van der Waals surface area (Å²) in [6.45, 7) is 0.455. The van der Waals surface area contributed by atoms with E-state index in [0.29, 0.717) is 17.3 Å². The van der Waals surface area contributed by atoms with E-state index < -0.39 is 6.04 Å². The summed E-state index contributed by atoms with van der Waals surface area (Å²) < 4.78 is 16.5. The van der Waals surface area contributed by atoms with Crippen LogP contribution in [-0.2, 0) is 19.4 Å². The molecule has 0 spiro atoms. The molecule has 2 aromatic carbocycles. The number of halogens is 2. The standard InChI is InChI=1S/C27H23ClFN3OS/c28-18-7-4-9-20(15-18)30-27(33)32-16-22-21-10-1-2-12-24(21)34-26(22)31-13-5-11-23(31)25(32)17-6-3-8-19(29)14-17/h3-9,11,13-15,25H,1-2,10,12,16H2,(H,30,33)/t25-/m0/s1. The summed E-state index contributed by atoms with van der Waals surface area (Å²) in [5.74, 6) is -0.317. The van der Waals surface area contributed by atoms with E-state index in [2.05, 4.69) is 16.1 Å². The lowest BCUT2D eigenvalue weighted by Crippen LogP contribution is -2.38. The van der Waals surface area contributed by atoms with Gasteiger partial charge in [0.05, 0.1) is 18.3 Å². The zero-order chi connectivity index (χ0) is 23.2. The first-order valence-electron chi connectivity index (χ1n) is 11.5. The van der Waals surface area contributed by atoms with Crippen molar-refractivity contribution < 1.29 is 9.18 Å². The Morgan fingerprint density at radius 3 is 2.74 bits per heavy atom. The molecule has 3 heterocycles. The highest BCUT2D eigenvalue weighted by molar-refractivity contribution is 7.15. The molecule has 0 unspecified atom stereocenters. The van der Waals surface area contributed by atoms with Gasteiger partial charge in [0.25, 0.3) is 0 Å². The largest absolute Gasteiger partial charge is 0.322 e. The Balaban J connectivity index is 1.51. The van der Waals surface area contributed by atoms with E-state index >= 15 is 0 Å². The Labute approximate surface area is 206 Å². The topological polar surface area (TPSA) is 37.3 Å². The maximum Gasteiger partial charge on any atom is 0.322 e. The molecule has 1 atom stereocenters. The number of nitrogens with one attached hydrogen (secondary N) is 1. The molecule has 0 saturated carbocycles. The van der Waals surface area contributed by atoms with Crippen LogP contribution >= 0.6 is 22.9 Å². The van der Waals surface area contributed by atoms with E-state index in [9.17, 15) is 9.18 Å². The number of anilines is 1. The molecule has 1 N–H and O–H groups in total. The van der Waals surface area contributed by atoms with Crippen LogP contribution in [0, 0.1) is 5.82 Å². The van der Waals surface area contributed by atoms with Gasteiger partial charge in [-0.05, 0) is 79.3 Å². The van der Waals surface area contributed by atoms with Crippen LogP contribution in [0.2, 0.25) is 5.02 Å². The minimum absolute atomic E-state index is 0.243. The smallest absolute Gasteiger partial charge is 0.310 e. The van der Waals surface area contributed by atoms with Crippen molar-refractivity contribution in [1.82, 2.24) is 9.47 Å². The second kappa shape index (κ2) is 8.60. The monoisotopic (exact) mass is 491 g/mol. The summed E-state index contributed by atoms with van der Waals surface area (Å²) in [5, 5.41) is 4.75. The lowest BCUT2D eigenvalue weighted by Gasteiger charge is -2.31. The third-order valence-electron chi connectivity index (χ3n) is 6.68. The molecular weight excluding hydrogens is 469 g/mol. The predicted molar refractivity (Wildman–Crippen MR) is 135 cm³/mol. The molecule has 0 fully saturated rings.